The predicted molar refractivity (Wildman–Crippen MR) is 51.1 cm³/mol. The van der Waals surface area contributed by atoms with E-state index < -0.39 is 0 Å². The summed E-state index contributed by atoms with van der Waals surface area (Å²) in [6.45, 7) is 9.41. The van der Waals surface area contributed by atoms with Gasteiger partial charge in [0.25, 0.3) is 0 Å². The fraction of sp³-hybridized carbons (Fsp3) is 0.846. The summed E-state index contributed by atoms with van der Waals surface area (Å²) in [7, 11) is 0. The van der Waals surface area contributed by atoms with Crippen molar-refractivity contribution in [1.29, 1.82) is 0 Å². The minimum absolute atomic E-state index is 0.720. The Labute approximate surface area is 79.4 Å². The van der Waals surface area contributed by atoms with Gasteiger partial charge in [0.2, 0.25) is 0 Å². The maximum Gasteiger partial charge on any atom is 0.00763 e. The third-order valence-corrected chi connectivity index (χ3v) is 7.34. The Kier molecular flexibility index (Phi) is 0.511. The van der Waals surface area contributed by atoms with Gasteiger partial charge >= 0.3 is 0 Å². The summed E-state index contributed by atoms with van der Waals surface area (Å²) in [5, 5.41) is 0. The molecule has 6 unspecified atom stereocenters. The zero-order chi connectivity index (χ0) is 8.85. The van der Waals surface area contributed by atoms with Crippen LogP contribution >= 0.6 is 0 Å². The van der Waals surface area contributed by atoms with E-state index in [0.29, 0.717) is 0 Å². The van der Waals surface area contributed by atoms with Crippen LogP contribution in [0.2, 0.25) is 0 Å². The van der Waals surface area contributed by atoms with E-state index in [1.807, 2.05) is 0 Å². The van der Waals surface area contributed by atoms with Crippen LogP contribution in [0, 0.1) is 33.5 Å². The topological polar surface area (TPSA) is 0 Å². The molecular formula is C13H16. The van der Waals surface area contributed by atoms with Gasteiger partial charge < -0.3 is 0 Å². The van der Waals surface area contributed by atoms with Gasteiger partial charge in [0.1, 0.15) is 0 Å². The average molecular weight is 172 g/mol. The van der Waals surface area contributed by atoms with Crippen molar-refractivity contribution in [2.24, 2.45) is 33.5 Å². The van der Waals surface area contributed by atoms with Crippen LogP contribution < -0.4 is 0 Å². The SMILES string of the molecule is C=C1CCC23C4(C)CC4C24C(C)C143. The fourth-order valence-electron chi connectivity index (χ4n) is 7.40. The largest absolute Gasteiger partial charge is 0.0992 e. The van der Waals surface area contributed by atoms with E-state index in [9.17, 15) is 0 Å². The van der Waals surface area contributed by atoms with Gasteiger partial charge in [-0.15, -0.1) is 0 Å². The summed E-state index contributed by atoms with van der Waals surface area (Å²) in [5.41, 5.74) is 4.85. The first-order valence-corrected chi connectivity index (χ1v) is 5.80. The summed E-state index contributed by atoms with van der Waals surface area (Å²) in [4.78, 5) is 0. The van der Waals surface area contributed by atoms with E-state index in [1.165, 1.54) is 12.8 Å². The highest BCUT2D eigenvalue weighted by Crippen LogP contribution is 3.23. The first-order valence-electron chi connectivity index (χ1n) is 5.80. The molecular weight excluding hydrogens is 156 g/mol. The van der Waals surface area contributed by atoms with Crippen LogP contribution in [0.3, 0.4) is 0 Å². The van der Waals surface area contributed by atoms with E-state index in [2.05, 4.69) is 20.4 Å². The molecule has 68 valence electrons. The lowest BCUT2D eigenvalue weighted by molar-refractivity contribution is 0.0142. The van der Waals surface area contributed by atoms with Crippen molar-refractivity contribution in [2.75, 3.05) is 0 Å². The van der Waals surface area contributed by atoms with Crippen molar-refractivity contribution in [2.45, 2.75) is 33.1 Å². The van der Waals surface area contributed by atoms with E-state index in [4.69, 9.17) is 0 Å². The van der Waals surface area contributed by atoms with Gasteiger partial charge in [-0.05, 0) is 47.3 Å². The zero-order valence-electron chi connectivity index (χ0n) is 8.48. The van der Waals surface area contributed by atoms with Gasteiger partial charge in [0, 0.05) is 5.41 Å². The quantitative estimate of drug-likeness (QED) is 0.493. The van der Waals surface area contributed by atoms with E-state index >= 15 is 0 Å². The Morgan fingerprint density at radius 3 is 2.85 bits per heavy atom. The molecule has 5 rings (SSSR count). The molecule has 0 heteroatoms. The van der Waals surface area contributed by atoms with Gasteiger partial charge in [-0.3, -0.25) is 0 Å². The normalized spacial score (nSPS) is 84.6. The lowest BCUT2D eigenvalue weighted by Crippen LogP contribution is -2.41. The second-order valence-corrected chi connectivity index (χ2v) is 6.58. The molecule has 0 amide bonds. The molecule has 0 aromatic rings. The predicted octanol–water partition coefficient (Wildman–Crippen LogP) is 3.00. The van der Waals surface area contributed by atoms with E-state index in [1.54, 1.807) is 12.0 Å². The second-order valence-electron chi connectivity index (χ2n) is 6.58. The van der Waals surface area contributed by atoms with Gasteiger partial charge in [-0.2, -0.15) is 0 Å². The standard InChI is InChI=1S/C13H16/c1-7-4-5-11-10(3)6-9(10)13(11)8(2)12(7,11)13/h8-9H,1,4-6H2,2-3H3. The first kappa shape index (κ1) is 6.27. The molecule has 5 aliphatic rings. The molecule has 0 radical (unpaired) electrons. The molecule has 3 spiro atoms. The molecule has 0 aromatic carbocycles. The zero-order valence-corrected chi connectivity index (χ0v) is 8.48. The molecule has 6 atom stereocenters. The van der Waals surface area contributed by atoms with Crippen LogP contribution in [-0.2, 0) is 0 Å². The Morgan fingerprint density at radius 2 is 2.23 bits per heavy atom. The lowest BCUT2D eigenvalue weighted by Gasteiger charge is -2.45. The van der Waals surface area contributed by atoms with Crippen molar-refractivity contribution < 1.29 is 0 Å². The van der Waals surface area contributed by atoms with Crippen LogP contribution in [-0.4, -0.2) is 0 Å². The number of hydrogen-bond donors (Lipinski definition) is 0. The molecule has 5 fully saturated rings. The van der Waals surface area contributed by atoms with Crippen molar-refractivity contribution in [1.82, 2.24) is 0 Å². The Morgan fingerprint density at radius 1 is 1.46 bits per heavy atom. The first-order chi connectivity index (χ1) is 6.12. The smallest absolute Gasteiger partial charge is 0.00763 e. The second kappa shape index (κ2) is 1.06. The summed E-state index contributed by atoms with van der Waals surface area (Å²) in [5.74, 6) is 2.16. The highest BCUT2D eigenvalue weighted by molar-refractivity contribution is 5.71. The molecule has 0 aromatic heterocycles. The summed E-state index contributed by atoms with van der Waals surface area (Å²) in [6, 6.07) is 0. The van der Waals surface area contributed by atoms with Crippen molar-refractivity contribution in [3.63, 3.8) is 0 Å². The third kappa shape index (κ3) is 0.223. The van der Waals surface area contributed by atoms with E-state index in [0.717, 1.165) is 33.5 Å². The maximum atomic E-state index is 4.36. The number of rotatable bonds is 0. The summed E-state index contributed by atoms with van der Waals surface area (Å²) in [6.07, 6.45) is 4.42. The van der Waals surface area contributed by atoms with Crippen LogP contribution in [0.1, 0.15) is 33.1 Å². The highest BCUT2D eigenvalue weighted by atomic mass is 15.2. The van der Waals surface area contributed by atoms with Crippen molar-refractivity contribution in [3.05, 3.63) is 12.2 Å². The van der Waals surface area contributed by atoms with Crippen LogP contribution in [0.5, 0.6) is 0 Å². The molecule has 0 nitrogen and oxygen atoms in total. The highest BCUT2D eigenvalue weighted by Gasteiger charge is 3.19. The number of fused-ring (bicyclic) bond motifs is 1. The molecule has 0 N–H and O–H groups in total. The lowest BCUT2D eigenvalue weighted by atomic mass is 9.58. The summed E-state index contributed by atoms with van der Waals surface area (Å²) < 4.78 is 0. The molecule has 0 heterocycles. The Balaban J connectivity index is 1.84. The van der Waals surface area contributed by atoms with Crippen LogP contribution in [0.15, 0.2) is 12.2 Å². The van der Waals surface area contributed by atoms with Gasteiger partial charge in [-0.1, -0.05) is 26.0 Å². The van der Waals surface area contributed by atoms with Gasteiger partial charge in [0.05, 0.1) is 0 Å². The van der Waals surface area contributed by atoms with Crippen molar-refractivity contribution >= 4 is 0 Å². The average Bonchev–Trinajstić information content (AvgIpc) is 2.95. The molecule has 5 aliphatic carbocycles. The molecule has 5 saturated carbocycles. The maximum absolute atomic E-state index is 4.36. The van der Waals surface area contributed by atoms with Crippen molar-refractivity contribution in [3.8, 4) is 0 Å². The Hall–Kier alpha value is -0.260. The van der Waals surface area contributed by atoms with Gasteiger partial charge in [-0.25, -0.2) is 0 Å². The fourth-order valence-corrected chi connectivity index (χ4v) is 7.40. The summed E-state index contributed by atoms with van der Waals surface area (Å²) >= 11 is 0. The Bertz CT molecular complexity index is 408. The number of hydrogen-bond acceptors (Lipinski definition) is 0. The van der Waals surface area contributed by atoms with Crippen LogP contribution in [0.25, 0.3) is 0 Å². The minimum atomic E-state index is 0.720. The number of allylic oxidation sites excluding steroid dienone is 1. The molecule has 0 saturated heterocycles. The molecule has 0 bridgehead atoms. The van der Waals surface area contributed by atoms with Crippen LogP contribution in [0.4, 0.5) is 0 Å². The van der Waals surface area contributed by atoms with E-state index in [-0.39, 0.29) is 0 Å². The molecule has 0 aliphatic heterocycles. The minimum Gasteiger partial charge on any atom is -0.0992 e. The van der Waals surface area contributed by atoms with Gasteiger partial charge in [0.15, 0.2) is 0 Å². The monoisotopic (exact) mass is 172 g/mol. The molecule has 13 heavy (non-hydrogen) atoms. The third-order valence-electron chi connectivity index (χ3n) is 7.34.